The number of methoxy groups -OCH3 is 2. The molecule has 0 radical (unpaired) electrons. The molecule has 2 heterocycles. The number of carbonyl (C=O) groups excluding carboxylic acids is 2. The zero-order valence-electron chi connectivity index (χ0n) is 16.3. The van der Waals surface area contributed by atoms with E-state index in [9.17, 15) is 9.59 Å². The zero-order valence-corrected chi connectivity index (χ0v) is 16.3. The van der Waals surface area contributed by atoms with Gasteiger partial charge in [-0.25, -0.2) is 9.59 Å². The highest BCUT2D eigenvalue weighted by Crippen LogP contribution is 2.31. The number of benzene rings is 2. The van der Waals surface area contributed by atoms with Crippen molar-refractivity contribution in [3.63, 3.8) is 0 Å². The molecule has 0 saturated heterocycles. The molecule has 0 spiro atoms. The van der Waals surface area contributed by atoms with E-state index in [0.717, 1.165) is 0 Å². The van der Waals surface area contributed by atoms with E-state index < -0.39 is 11.9 Å². The Morgan fingerprint density at radius 2 is 1.10 bits per heavy atom. The molecule has 2 aromatic heterocycles. The summed E-state index contributed by atoms with van der Waals surface area (Å²) in [4.78, 5) is 25.6. The summed E-state index contributed by atoms with van der Waals surface area (Å²) < 4.78 is 26.8. The maximum atomic E-state index is 12.8. The molecule has 29 heavy (non-hydrogen) atoms. The van der Waals surface area contributed by atoms with E-state index in [1.54, 1.807) is 38.1 Å². The molecule has 7 heteroatoms. The van der Waals surface area contributed by atoms with Gasteiger partial charge in [0.15, 0.2) is 0 Å². The third-order valence-corrected chi connectivity index (χ3v) is 4.52. The van der Waals surface area contributed by atoms with E-state index in [1.807, 2.05) is 0 Å². The maximum absolute atomic E-state index is 12.8. The highest BCUT2D eigenvalue weighted by molar-refractivity contribution is 6.11. The predicted molar refractivity (Wildman–Crippen MR) is 105 cm³/mol. The van der Waals surface area contributed by atoms with Crippen LogP contribution in [0.25, 0.3) is 21.9 Å². The van der Waals surface area contributed by atoms with Crippen LogP contribution in [-0.2, 0) is 4.74 Å². The van der Waals surface area contributed by atoms with Crippen LogP contribution in [0.15, 0.2) is 45.2 Å². The Bertz CT molecular complexity index is 1160. The van der Waals surface area contributed by atoms with Crippen LogP contribution in [0.1, 0.15) is 32.2 Å². The lowest BCUT2D eigenvalue weighted by Gasteiger charge is -2.08. The van der Waals surface area contributed by atoms with Crippen LogP contribution in [0.5, 0.6) is 11.5 Å². The summed E-state index contributed by atoms with van der Waals surface area (Å²) in [5, 5.41) is 1.35. The second-order valence-corrected chi connectivity index (χ2v) is 6.58. The molecule has 0 amide bonds. The fourth-order valence-corrected chi connectivity index (χ4v) is 3.24. The minimum absolute atomic E-state index is 0.0931. The highest BCUT2D eigenvalue weighted by atomic mass is 16.6. The Morgan fingerprint density at radius 3 is 1.48 bits per heavy atom. The topological polar surface area (TPSA) is 88.1 Å². The van der Waals surface area contributed by atoms with Crippen molar-refractivity contribution >= 4 is 33.9 Å². The molecule has 148 valence electrons. The van der Waals surface area contributed by atoms with Gasteiger partial charge in [0.05, 0.1) is 14.2 Å². The smallest absolute Gasteiger partial charge is 0.350 e. The average Bonchev–Trinajstić information content (AvgIpc) is 3.26. The van der Waals surface area contributed by atoms with Crippen molar-refractivity contribution in [3.8, 4) is 11.5 Å². The molecular formula is C22H18O7. The lowest BCUT2D eigenvalue weighted by molar-refractivity contribution is 0.0399. The summed E-state index contributed by atoms with van der Waals surface area (Å²) in [5.74, 6) is 0.426. The molecule has 0 aliphatic heterocycles. The Hall–Kier alpha value is -3.74. The van der Waals surface area contributed by atoms with E-state index >= 15 is 0 Å². The molecule has 0 saturated carbocycles. The fourth-order valence-electron chi connectivity index (χ4n) is 3.24. The Morgan fingerprint density at radius 1 is 0.690 bits per heavy atom. The van der Waals surface area contributed by atoms with Crippen LogP contribution in [0.3, 0.4) is 0 Å². The van der Waals surface area contributed by atoms with Crippen molar-refractivity contribution in [2.45, 2.75) is 13.8 Å². The third kappa shape index (κ3) is 3.31. The van der Waals surface area contributed by atoms with E-state index in [0.29, 0.717) is 45.0 Å². The molecule has 0 aliphatic rings. The maximum Gasteiger partial charge on any atom is 0.350 e. The fraction of sp³-hybridized carbons (Fsp3) is 0.182. The van der Waals surface area contributed by atoms with E-state index in [2.05, 4.69) is 0 Å². The van der Waals surface area contributed by atoms with Crippen LogP contribution >= 0.6 is 0 Å². The quantitative estimate of drug-likeness (QED) is 0.362. The monoisotopic (exact) mass is 394 g/mol. The Kier molecular flexibility index (Phi) is 4.50. The molecule has 7 nitrogen and oxygen atoms in total. The summed E-state index contributed by atoms with van der Waals surface area (Å²) in [6.07, 6.45) is 0. The van der Waals surface area contributed by atoms with Gasteiger partial charge in [0.1, 0.15) is 45.3 Å². The summed E-state index contributed by atoms with van der Waals surface area (Å²) >= 11 is 0. The summed E-state index contributed by atoms with van der Waals surface area (Å²) in [5.41, 5.74) is 0.836. The van der Waals surface area contributed by atoms with Gasteiger partial charge in [0.2, 0.25) is 0 Å². The standard InChI is InChI=1S/C22H18O7/c1-11-5-13-7-15(25-3)9-17(19(13)27-11)21(23)29-22(24)18-10-16(26-4)8-14-6-12(2)28-20(14)18/h5-10H,1-4H3. The van der Waals surface area contributed by atoms with Gasteiger partial charge in [0.25, 0.3) is 0 Å². The molecule has 0 fully saturated rings. The first kappa shape index (κ1) is 18.6. The summed E-state index contributed by atoms with van der Waals surface area (Å²) in [6.45, 7) is 3.53. The van der Waals surface area contributed by atoms with Gasteiger partial charge in [-0.1, -0.05) is 0 Å². The number of ether oxygens (including phenoxy) is 3. The van der Waals surface area contributed by atoms with Gasteiger partial charge < -0.3 is 23.0 Å². The number of fused-ring (bicyclic) bond motifs is 2. The molecule has 2 aromatic carbocycles. The molecular weight excluding hydrogens is 376 g/mol. The average molecular weight is 394 g/mol. The highest BCUT2D eigenvalue weighted by Gasteiger charge is 2.24. The van der Waals surface area contributed by atoms with E-state index in [-0.39, 0.29) is 11.1 Å². The van der Waals surface area contributed by atoms with Crippen molar-refractivity contribution in [1.29, 1.82) is 0 Å². The molecule has 4 aromatic rings. The van der Waals surface area contributed by atoms with Crippen LogP contribution in [-0.4, -0.2) is 26.2 Å². The first-order chi connectivity index (χ1) is 13.9. The largest absolute Gasteiger partial charge is 0.497 e. The second-order valence-electron chi connectivity index (χ2n) is 6.58. The molecule has 0 aliphatic carbocycles. The first-order valence-electron chi connectivity index (χ1n) is 8.82. The minimum Gasteiger partial charge on any atom is -0.497 e. The van der Waals surface area contributed by atoms with Gasteiger partial charge in [-0.15, -0.1) is 0 Å². The molecule has 0 atom stereocenters. The van der Waals surface area contributed by atoms with Crippen LogP contribution in [0.4, 0.5) is 0 Å². The first-order valence-corrected chi connectivity index (χ1v) is 8.82. The van der Waals surface area contributed by atoms with E-state index in [1.165, 1.54) is 26.4 Å². The second kappa shape index (κ2) is 7.01. The zero-order chi connectivity index (χ0) is 20.7. The van der Waals surface area contributed by atoms with Crippen LogP contribution in [0, 0.1) is 13.8 Å². The van der Waals surface area contributed by atoms with Gasteiger partial charge in [-0.05, 0) is 50.2 Å². The number of carbonyl (C=O) groups is 2. The SMILES string of the molecule is COc1cc(C(=O)OC(=O)c2cc(OC)cc3cc(C)oc23)c2oc(C)cc2c1. The van der Waals surface area contributed by atoms with Crippen molar-refractivity contribution in [2.24, 2.45) is 0 Å². The Labute approximate surface area is 165 Å². The minimum atomic E-state index is -0.854. The summed E-state index contributed by atoms with van der Waals surface area (Å²) in [7, 11) is 2.97. The normalized spacial score (nSPS) is 11.0. The van der Waals surface area contributed by atoms with Crippen LogP contribution in [0.2, 0.25) is 0 Å². The summed E-state index contributed by atoms with van der Waals surface area (Å²) in [6, 6.07) is 9.96. The van der Waals surface area contributed by atoms with Crippen LogP contribution < -0.4 is 9.47 Å². The Balaban J connectivity index is 1.74. The van der Waals surface area contributed by atoms with Gasteiger partial charge >= 0.3 is 11.9 Å². The molecule has 0 bridgehead atoms. The number of furan rings is 2. The predicted octanol–water partition coefficient (Wildman–Crippen LogP) is 4.81. The lowest BCUT2D eigenvalue weighted by atomic mass is 10.1. The number of hydrogen-bond donors (Lipinski definition) is 0. The van der Waals surface area contributed by atoms with E-state index in [4.69, 9.17) is 23.0 Å². The molecule has 4 rings (SSSR count). The van der Waals surface area contributed by atoms with Gasteiger partial charge in [-0.3, -0.25) is 0 Å². The number of aryl methyl sites for hydroxylation is 2. The number of hydrogen-bond acceptors (Lipinski definition) is 7. The number of esters is 2. The van der Waals surface area contributed by atoms with Gasteiger partial charge in [-0.2, -0.15) is 0 Å². The number of rotatable bonds is 4. The third-order valence-electron chi connectivity index (χ3n) is 4.52. The van der Waals surface area contributed by atoms with Crippen molar-refractivity contribution in [2.75, 3.05) is 14.2 Å². The van der Waals surface area contributed by atoms with Crippen molar-refractivity contribution < 1.29 is 32.6 Å². The van der Waals surface area contributed by atoms with Gasteiger partial charge in [0, 0.05) is 10.8 Å². The lowest BCUT2D eigenvalue weighted by Crippen LogP contribution is -2.13. The van der Waals surface area contributed by atoms with Crippen molar-refractivity contribution in [3.05, 3.63) is 59.0 Å². The molecule has 0 unspecified atom stereocenters. The molecule has 0 N–H and O–H groups in total. The van der Waals surface area contributed by atoms with Crippen molar-refractivity contribution in [1.82, 2.24) is 0 Å².